The number of hydrogen-bond acceptors (Lipinski definition) is 4. The molecule has 1 aliphatic heterocycles. The monoisotopic (exact) mass is 253 g/mol. The van der Waals surface area contributed by atoms with Crippen LogP contribution in [0.3, 0.4) is 0 Å². The number of nitrogens with two attached hydrogens (primary N) is 1. The second-order valence-corrected chi connectivity index (χ2v) is 4.82. The van der Waals surface area contributed by atoms with E-state index in [1.165, 1.54) is 13.2 Å². The summed E-state index contributed by atoms with van der Waals surface area (Å²) in [7, 11) is 3.57. The van der Waals surface area contributed by atoms with Crippen LogP contribution in [0.1, 0.15) is 6.92 Å². The molecule has 1 saturated heterocycles. The lowest BCUT2D eigenvalue weighted by molar-refractivity contribution is 0.234. The average Bonchev–Trinajstić information content (AvgIpc) is 2.33. The number of nitrogen functional groups attached to an aromatic ring is 1. The SMILES string of the molecule is COc1cc(N2CCN(C)C(C)C2)c(N)cc1F. The number of halogens is 1. The van der Waals surface area contributed by atoms with Gasteiger partial charge in [0.15, 0.2) is 11.6 Å². The van der Waals surface area contributed by atoms with Gasteiger partial charge >= 0.3 is 0 Å². The van der Waals surface area contributed by atoms with E-state index in [9.17, 15) is 4.39 Å². The first-order valence-corrected chi connectivity index (χ1v) is 6.11. The van der Waals surface area contributed by atoms with Gasteiger partial charge in [-0.05, 0) is 14.0 Å². The van der Waals surface area contributed by atoms with Crippen LogP contribution in [-0.4, -0.2) is 44.7 Å². The molecule has 100 valence electrons. The lowest BCUT2D eigenvalue weighted by atomic mass is 10.1. The molecule has 1 aromatic carbocycles. The Morgan fingerprint density at radius 3 is 2.72 bits per heavy atom. The van der Waals surface area contributed by atoms with Crippen molar-refractivity contribution in [3.8, 4) is 5.75 Å². The van der Waals surface area contributed by atoms with Crippen molar-refractivity contribution in [1.82, 2.24) is 4.90 Å². The maximum Gasteiger partial charge on any atom is 0.167 e. The fourth-order valence-corrected chi connectivity index (χ4v) is 2.26. The van der Waals surface area contributed by atoms with E-state index in [2.05, 4.69) is 23.8 Å². The van der Waals surface area contributed by atoms with Gasteiger partial charge < -0.3 is 20.3 Å². The molecule has 1 aromatic rings. The highest BCUT2D eigenvalue weighted by molar-refractivity contribution is 5.70. The highest BCUT2D eigenvalue weighted by Crippen LogP contribution is 2.32. The van der Waals surface area contributed by atoms with Gasteiger partial charge in [0.05, 0.1) is 18.5 Å². The van der Waals surface area contributed by atoms with Gasteiger partial charge in [-0.25, -0.2) is 4.39 Å². The smallest absolute Gasteiger partial charge is 0.167 e. The molecule has 5 heteroatoms. The van der Waals surface area contributed by atoms with E-state index in [1.807, 2.05) is 0 Å². The van der Waals surface area contributed by atoms with Crippen molar-refractivity contribution < 1.29 is 9.13 Å². The van der Waals surface area contributed by atoms with Crippen LogP contribution in [-0.2, 0) is 0 Å². The molecule has 1 unspecified atom stereocenters. The molecule has 0 aliphatic carbocycles. The minimum absolute atomic E-state index is 0.241. The molecule has 2 rings (SSSR count). The van der Waals surface area contributed by atoms with Crippen LogP contribution in [0, 0.1) is 5.82 Å². The number of methoxy groups -OCH3 is 1. The van der Waals surface area contributed by atoms with Gasteiger partial charge in [0.1, 0.15) is 0 Å². The maximum absolute atomic E-state index is 13.5. The largest absolute Gasteiger partial charge is 0.494 e. The second kappa shape index (κ2) is 5.02. The number of likely N-dealkylation sites (N-methyl/N-ethyl adjacent to an activating group) is 1. The molecule has 0 spiro atoms. The zero-order valence-corrected chi connectivity index (χ0v) is 11.1. The number of piperazine rings is 1. The molecule has 0 amide bonds. The van der Waals surface area contributed by atoms with Crippen LogP contribution in [0.2, 0.25) is 0 Å². The molecule has 18 heavy (non-hydrogen) atoms. The van der Waals surface area contributed by atoms with Crippen LogP contribution in [0.4, 0.5) is 15.8 Å². The first-order chi connectivity index (χ1) is 8.52. The Morgan fingerprint density at radius 1 is 1.39 bits per heavy atom. The van der Waals surface area contributed by atoms with Crippen molar-refractivity contribution in [3.63, 3.8) is 0 Å². The molecule has 0 bridgehead atoms. The van der Waals surface area contributed by atoms with Crippen molar-refractivity contribution in [2.45, 2.75) is 13.0 Å². The zero-order valence-electron chi connectivity index (χ0n) is 11.1. The normalized spacial score (nSPS) is 21.1. The Kier molecular flexibility index (Phi) is 3.61. The summed E-state index contributed by atoms with van der Waals surface area (Å²) in [6, 6.07) is 3.47. The quantitative estimate of drug-likeness (QED) is 0.812. The van der Waals surface area contributed by atoms with E-state index in [-0.39, 0.29) is 5.75 Å². The van der Waals surface area contributed by atoms with Gasteiger partial charge in [-0.1, -0.05) is 0 Å². The summed E-state index contributed by atoms with van der Waals surface area (Å²) in [6.07, 6.45) is 0. The Bertz CT molecular complexity index is 438. The van der Waals surface area contributed by atoms with E-state index in [4.69, 9.17) is 10.5 Å². The molecule has 0 aromatic heterocycles. The molecular weight excluding hydrogens is 233 g/mol. The number of ether oxygens (including phenoxy) is 1. The van der Waals surface area contributed by atoms with Crippen LogP contribution in [0.25, 0.3) is 0 Å². The number of benzene rings is 1. The van der Waals surface area contributed by atoms with Crippen molar-refractivity contribution in [1.29, 1.82) is 0 Å². The van der Waals surface area contributed by atoms with Gasteiger partial charge in [0.25, 0.3) is 0 Å². The predicted octanol–water partition coefficient (Wildman–Crippen LogP) is 1.56. The summed E-state index contributed by atoms with van der Waals surface area (Å²) in [5, 5.41) is 0. The highest BCUT2D eigenvalue weighted by atomic mass is 19.1. The van der Waals surface area contributed by atoms with Crippen molar-refractivity contribution in [2.24, 2.45) is 0 Å². The van der Waals surface area contributed by atoms with Gasteiger partial charge in [0.2, 0.25) is 0 Å². The van der Waals surface area contributed by atoms with E-state index in [0.717, 1.165) is 25.3 Å². The zero-order chi connectivity index (χ0) is 13.3. The van der Waals surface area contributed by atoms with E-state index in [0.29, 0.717) is 11.7 Å². The van der Waals surface area contributed by atoms with Crippen molar-refractivity contribution in [2.75, 3.05) is 44.4 Å². The number of nitrogens with zero attached hydrogens (tertiary/aromatic N) is 2. The lowest BCUT2D eigenvalue weighted by Crippen LogP contribution is -2.50. The Labute approximate surface area is 107 Å². The summed E-state index contributed by atoms with van der Waals surface area (Å²) in [5.74, 6) is -0.174. The van der Waals surface area contributed by atoms with E-state index >= 15 is 0 Å². The first-order valence-electron chi connectivity index (χ1n) is 6.11. The van der Waals surface area contributed by atoms with Crippen LogP contribution < -0.4 is 15.4 Å². The second-order valence-electron chi connectivity index (χ2n) is 4.82. The van der Waals surface area contributed by atoms with Crippen LogP contribution >= 0.6 is 0 Å². The maximum atomic E-state index is 13.5. The number of anilines is 2. The van der Waals surface area contributed by atoms with Gasteiger partial charge in [-0.3, -0.25) is 0 Å². The lowest BCUT2D eigenvalue weighted by Gasteiger charge is -2.39. The molecule has 1 heterocycles. The Morgan fingerprint density at radius 2 is 2.11 bits per heavy atom. The van der Waals surface area contributed by atoms with Crippen molar-refractivity contribution in [3.05, 3.63) is 17.9 Å². The molecule has 1 atom stereocenters. The molecule has 0 saturated carbocycles. The molecule has 0 radical (unpaired) electrons. The highest BCUT2D eigenvalue weighted by Gasteiger charge is 2.23. The third-order valence-corrected chi connectivity index (χ3v) is 3.60. The third-order valence-electron chi connectivity index (χ3n) is 3.60. The summed E-state index contributed by atoms with van der Waals surface area (Å²) < 4.78 is 18.5. The minimum Gasteiger partial charge on any atom is -0.494 e. The minimum atomic E-state index is -0.416. The fraction of sp³-hybridized carbons (Fsp3) is 0.538. The molecule has 1 aliphatic rings. The fourth-order valence-electron chi connectivity index (χ4n) is 2.26. The first kappa shape index (κ1) is 13.0. The van der Waals surface area contributed by atoms with E-state index < -0.39 is 5.82 Å². The van der Waals surface area contributed by atoms with Crippen LogP contribution in [0.5, 0.6) is 5.75 Å². The van der Waals surface area contributed by atoms with E-state index in [1.54, 1.807) is 6.07 Å². The van der Waals surface area contributed by atoms with Crippen LogP contribution in [0.15, 0.2) is 12.1 Å². The topological polar surface area (TPSA) is 41.7 Å². The summed E-state index contributed by atoms with van der Waals surface area (Å²) in [6.45, 7) is 4.92. The molecule has 4 nitrogen and oxygen atoms in total. The predicted molar refractivity (Wildman–Crippen MR) is 71.7 cm³/mol. The summed E-state index contributed by atoms with van der Waals surface area (Å²) >= 11 is 0. The summed E-state index contributed by atoms with van der Waals surface area (Å²) in [5.41, 5.74) is 7.22. The molecule has 1 fully saturated rings. The molecule has 2 N–H and O–H groups in total. The summed E-state index contributed by atoms with van der Waals surface area (Å²) in [4.78, 5) is 4.48. The van der Waals surface area contributed by atoms with Gasteiger partial charge in [-0.15, -0.1) is 0 Å². The molecular formula is C13H20FN3O. The number of hydrogen-bond donors (Lipinski definition) is 1. The third kappa shape index (κ3) is 2.36. The Hall–Kier alpha value is -1.49. The standard InChI is InChI=1S/C13H20FN3O/c1-9-8-17(5-4-16(9)2)12-7-13(18-3)10(14)6-11(12)15/h6-7,9H,4-5,8,15H2,1-3H3. The van der Waals surface area contributed by atoms with Gasteiger partial charge in [-0.2, -0.15) is 0 Å². The van der Waals surface area contributed by atoms with Crippen molar-refractivity contribution >= 4 is 11.4 Å². The Balaban J connectivity index is 2.28. The number of rotatable bonds is 2. The average molecular weight is 253 g/mol. The van der Waals surface area contributed by atoms with Gasteiger partial charge in [0, 0.05) is 37.8 Å².